The molecule has 6 unspecified atom stereocenters. The van der Waals surface area contributed by atoms with Gasteiger partial charge in [0.25, 0.3) is 0 Å². The molecule has 0 aromatic heterocycles. The number of rotatable bonds is 1. The van der Waals surface area contributed by atoms with Crippen LogP contribution in [0.15, 0.2) is 0 Å². The molecule has 2 aliphatic heterocycles. The Labute approximate surface area is 111 Å². The minimum absolute atomic E-state index is 0.804. The van der Waals surface area contributed by atoms with Crippen molar-refractivity contribution in [2.75, 3.05) is 26.3 Å². The summed E-state index contributed by atoms with van der Waals surface area (Å²) < 4.78 is 0. The van der Waals surface area contributed by atoms with E-state index in [0.717, 1.165) is 42.4 Å². The van der Waals surface area contributed by atoms with E-state index in [0.29, 0.717) is 0 Å². The van der Waals surface area contributed by atoms with Crippen molar-refractivity contribution in [3.8, 4) is 0 Å². The lowest BCUT2D eigenvalue weighted by Crippen LogP contribution is -2.53. The second kappa shape index (κ2) is 4.46. The number of hydrogen-bond acceptors (Lipinski definition) is 3. The molecule has 4 rings (SSSR count). The van der Waals surface area contributed by atoms with Crippen LogP contribution in [0.4, 0.5) is 0 Å². The first kappa shape index (κ1) is 11.7. The van der Waals surface area contributed by atoms with E-state index in [1.807, 2.05) is 0 Å². The highest BCUT2D eigenvalue weighted by molar-refractivity contribution is 5.03. The molecule has 6 atom stereocenters. The van der Waals surface area contributed by atoms with Gasteiger partial charge in [0.2, 0.25) is 0 Å². The average Bonchev–Trinajstić information content (AvgIpc) is 2.79. The Balaban J connectivity index is 1.53. The zero-order valence-electron chi connectivity index (χ0n) is 11.6. The summed E-state index contributed by atoms with van der Waals surface area (Å²) in [6, 6.07) is 1.65. The summed E-state index contributed by atoms with van der Waals surface area (Å²) in [5, 5.41) is 7.44. The highest BCUT2D eigenvalue weighted by atomic mass is 15.3. The quantitative estimate of drug-likeness (QED) is 0.733. The third-order valence-corrected chi connectivity index (χ3v) is 6.29. The van der Waals surface area contributed by atoms with E-state index in [1.54, 1.807) is 0 Å². The molecule has 2 N–H and O–H groups in total. The van der Waals surface area contributed by atoms with Crippen LogP contribution >= 0.6 is 0 Å². The summed E-state index contributed by atoms with van der Waals surface area (Å²) in [6.07, 6.45) is 5.95. The van der Waals surface area contributed by atoms with Crippen molar-refractivity contribution in [3.05, 3.63) is 0 Å². The lowest BCUT2D eigenvalue weighted by atomic mass is 9.59. The molecule has 4 aliphatic rings. The molecular weight excluding hydrogens is 222 g/mol. The predicted molar refractivity (Wildman–Crippen MR) is 73.3 cm³/mol. The summed E-state index contributed by atoms with van der Waals surface area (Å²) in [4.78, 5) is 2.67. The van der Waals surface area contributed by atoms with Crippen LogP contribution in [0, 0.1) is 23.7 Å². The average molecular weight is 249 g/mol. The summed E-state index contributed by atoms with van der Waals surface area (Å²) in [7, 11) is 0. The third kappa shape index (κ3) is 1.75. The summed E-state index contributed by atoms with van der Waals surface area (Å²) >= 11 is 0. The van der Waals surface area contributed by atoms with E-state index in [1.165, 1.54) is 45.3 Å². The van der Waals surface area contributed by atoms with Gasteiger partial charge in [0.1, 0.15) is 0 Å². The monoisotopic (exact) mass is 249 g/mol. The fourth-order valence-electron chi connectivity index (χ4n) is 5.46. The molecular formula is C15H27N3. The van der Waals surface area contributed by atoms with Crippen LogP contribution in [0.3, 0.4) is 0 Å². The Hall–Kier alpha value is -0.120. The van der Waals surface area contributed by atoms with Gasteiger partial charge >= 0.3 is 0 Å². The van der Waals surface area contributed by atoms with E-state index in [-0.39, 0.29) is 0 Å². The van der Waals surface area contributed by atoms with Crippen molar-refractivity contribution in [3.63, 3.8) is 0 Å². The van der Waals surface area contributed by atoms with E-state index >= 15 is 0 Å². The lowest BCUT2D eigenvalue weighted by molar-refractivity contribution is 0.0141. The molecule has 0 amide bonds. The second-order valence-corrected chi connectivity index (χ2v) is 7.09. The number of fused-ring (bicyclic) bond motifs is 5. The van der Waals surface area contributed by atoms with Gasteiger partial charge in [0.15, 0.2) is 0 Å². The van der Waals surface area contributed by atoms with Crippen molar-refractivity contribution in [1.82, 2.24) is 15.5 Å². The van der Waals surface area contributed by atoms with Gasteiger partial charge in [-0.05, 0) is 69.0 Å². The summed E-state index contributed by atoms with van der Waals surface area (Å²) in [5.41, 5.74) is 0. The SMILES string of the molecule is CCN1CNC2CC3CC4CNCC(C4)C3CC21. The fraction of sp³-hybridized carbons (Fsp3) is 1.00. The van der Waals surface area contributed by atoms with Crippen LogP contribution in [-0.4, -0.2) is 43.3 Å². The van der Waals surface area contributed by atoms with Crippen LogP contribution in [0.1, 0.15) is 32.6 Å². The first-order valence-electron chi connectivity index (χ1n) is 8.03. The maximum absolute atomic E-state index is 3.77. The van der Waals surface area contributed by atoms with E-state index < -0.39 is 0 Å². The van der Waals surface area contributed by atoms with Gasteiger partial charge in [0.05, 0.1) is 0 Å². The van der Waals surface area contributed by atoms with Gasteiger partial charge in [-0.3, -0.25) is 10.2 Å². The molecule has 2 aliphatic carbocycles. The van der Waals surface area contributed by atoms with Gasteiger partial charge in [0, 0.05) is 18.8 Å². The standard InChI is InChI=1S/C15H27N3/c1-2-18-9-17-14-5-11-3-10-4-12(8-16-7-10)13(11)6-15(14)18/h10-17H,2-9H2,1H3. The minimum Gasteiger partial charge on any atom is -0.316 e. The molecule has 3 heteroatoms. The maximum atomic E-state index is 3.77. The van der Waals surface area contributed by atoms with Gasteiger partial charge in [-0.25, -0.2) is 0 Å². The number of nitrogens with one attached hydrogen (secondary N) is 2. The van der Waals surface area contributed by atoms with Gasteiger partial charge in [-0.15, -0.1) is 0 Å². The largest absolute Gasteiger partial charge is 0.316 e. The Morgan fingerprint density at radius 3 is 2.83 bits per heavy atom. The molecule has 102 valence electrons. The van der Waals surface area contributed by atoms with E-state index in [2.05, 4.69) is 22.5 Å². The number of nitrogens with zero attached hydrogens (tertiary/aromatic N) is 1. The number of likely N-dealkylation sites (N-methyl/N-ethyl adjacent to an activating group) is 1. The molecule has 2 saturated carbocycles. The van der Waals surface area contributed by atoms with Crippen molar-refractivity contribution in [2.45, 2.75) is 44.7 Å². The smallest absolute Gasteiger partial charge is 0.0486 e. The van der Waals surface area contributed by atoms with Crippen molar-refractivity contribution in [1.29, 1.82) is 0 Å². The molecule has 2 bridgehead atoms. The molecule has 4 fully saturated rings. The summed E-state index contributed by atoms with van der Waals surface area (Å²) in [6.45, 7) is 7.26. The topological polar surface area (TPSA) is 27.3 Å². The molecule has 2 saturated heterocycles. The van der Waals surface area contributed by atoms with Crippen LogP contribution in [0.5, 0.6) is 0 Å². The minimum atomic E-state index is 0.804. The fourth-order valence-corrected chi connectivity index (χ4v) is 5.46. The highest BCUT2D eigenvalue weighted by Crippen LogP contribution is 2.48. The van der Waals surface area contributed by atoms with Gasteiger partial charge < -0.3 is 5.32 Å². The molecule has 0 radical (unpaired) electrons. The first-order chi connectivity index (χ1) is 8.85. The van der Waals surface area contributed by atoms with Gasteiger partial charge in [-0.1, -0.05) is 6.92 Å². The highest BCUT2D eigenvalue weighted by Gasteiger charge is 2.48. The Morgan fingerprint density at radius 2 is 1.94 bits per heavy atom. The zero-order valence-corrected chi connectivity index (χ0v) is 11.6. The van der Waals surface area contributed by atoms with Crippen LogP contribution < -0.4 is 10.6 Å². The maximum Gasteiger partial charge on any atom is 0.0486 e. The summed E-state index contributed by atoms with van der Waals surface area (Å²) in [5.74, 6) is 4.03. The lowest BCUT2D eigenvalue weighted by Gasteiger charge is -2.51. The second-order valence-electron chi connectivity index (χ2n) is 7.09. The Bertz CT molecular complexity index is 319. The number of piperidine rings is 1. The third-order valence-electron chi connectivity index (χ3n) is 6.29. The predicted octanol–water partition coefficient (Wildman–Crippen LogP) is 1.26. The number of hydrogen-bond donors (Lipinski definition) is 2. The van der Waals surface area contributed by atoms with Crippen molar-refractivity contribution >= 4 is 0 Å². The normalized spacial score (nSPS) is 51.8. The molecule has 3 nitrogen and oxygen atoms in total. The van der Waals surface area contributed by atoms with E-state index in [4.69, 9.17) is 0 Å². The molecule has 18 heavy (non-hydrogen) atoms. The van der Waals surface area contributed by atoms with Gasteiger partial charge in [-0.2, -0.15) is 0 Å². The molecule has 2 heterocycles. The Kier molecular flexibility index (Phi) is 2.90. The van der Waals surface area contributed by atoms with Crippen LogP contribution in [0.25, 0.3) is 0 Å². The van der Waals surface area contributed by atoms with Crippen LogP contribution in [-0.2, 0) is 0 Å². The van der Waals surface area contributed by atoms with Crippen molar-refractivity contribution in [2.24, 2.45) is 23.7 Å². The van der Waals surface area contributed by atoms with Crippen molar-refractivity contribution < 1.29 is 0 Å². The van der Waals surface area contributed by atoms with Crippen LogP contribution in [0.2, 0.25) is 0 Å². The zero-order chi connectivity index (χ0) is 12.1. The molecule has 0 spiro atoms. The first-order valence-corrected chi connectivity index (χ1v) is 8.03. The molecule has 0 aromatic carbocycles. The van der Waals surface area contributed by atoms with E-state index in [9.17, 15) is 0 Å². The molecule has 0 aromatic rings. The Morgan fingerprint density at radius 1 is 1.06 bits per heavy atom.